The van der Waals surface area contributed by atoms with E-state index >= 15 is 0 Å². The number of hydrogen-bond donors (Lipinski definition) is 0. The number of Topliss-reactive ketones (excluding diaryl/α,β-unsaturated/α-hetero) is 1. The van der Waals surface area contributed by atoms with Crippen LogP contribution in [0, 0.1) is 0 Å². The summed E-state index contributed by atoms with van der Waals surface area (Å²) in [7, 11) is -5.56. The van der Waals surface area contributed by atoms with Gasteiger partial charge in [0.1, 0.15) is 0 Å². The van der Waals surface area contributed by atoms with Gasteiger partial charge in [0.25, 0.3) is 0 Å². The Kier molecular flexibility index (Phi) is 6.80. The van der Waals surface area contributed by atoms with E-state index in [0.717, 1.165) is 10.6 Å². The fraction of sp³-hybridized carbons (Fsp3) is 0.130. The van der Waals surface area contributed by atoms with Crippen LogP contribution in [0.3, 0.4) is 0 Å². The molecule has 154 valence electrons. The second-order valence-corrected chi connectivity index (χ2v) is 12.7. The third-order valence-electron chi connectivity index (χ3n) is 4.22. The quantitative estimate of drug-likeness (QED) is 0.410. The molecule has 3 aromatic rings. The minimum atomic E-state index is -2.97. The number of benzene rings is 3. The molecule has 0 amide bonds. The third kappa shape index (κ3) is 5.02. The fourth-order valence-electron chi connectivity index (χ4n) is 3.07. The van der Waals surface area contributed by atoms with Crippen LogP contribution in [0.15, 0.2) is 105 Å². The molecule has 0 radical (unpaired) electrons. The molecule has 0 saturated heterocycles. The summed E-state index contributed by atoms with van der Waals surface area (Å²) in [5, 5.41) is 10.4. The average molecular weight is 438 g/mol. The Morgan fingerprint density at radius 3 is 1.60 bits per heavy atom. The SMILES string of the molecule is CC(=O)C(N=Nc1ccccc1)=P(N=S(C)(C)=O)(c1ccccc1)c1ccccc1. The van der Waals surface area contributed by atoms with Crippen molar-refractivity contribution in [3.8, 4) is 0 Å². The first-order valence-corrected chi connectivity index (χ1v) is 13.4. The lowest BCUT2D eigenvalue weighted by molar-refractivity contribution is -0.111. The number of ketones is 1. The minimum Gasteiger partial charge on any atom is -0.293 e. The molecule has 5 nitrogen and oxygen atoms in total. The summed E-state index contributed by atoms with van der Waals surface area (Å²) in [6.45, 7) is 1.46. The molecule has 0 aliphatic rings. The van der Waals surface area contributed by atoms with Crippen molar-refractivity contribution < 1.29 is 9.00 Å². The standard InChI is InChI=1S/C23H24N3O2PS/c1-19(27)23(25-24-20-13-7-4-8-14-20)29(26-30(2,3)28,21-15-9-5-10-16-21)22-17-11-6-12-18-22/h4-18H,1-3H3. The van der Waals surface area contributed by atoms with Crippen LogP contribution in [-0.2, 0) is 14.5 Å². The molecule has 3 rings (SSSR count). The minimum absolute atomic E-state index is 0.222. The van der Waals surface area contributed by atoms with Gasteiger partial charge in [0.2, 0.25) is 0 Å². The highest BCUT2D eigenvalue weighted by Gasteiger charge is 2.31. The Bertz CT molecular complexity index is 1180. The van der Waals surface area contributed by atoms with Gasteiger partial charge < -0.3 is 0 Å². The molecule has 0 N–H and O–H groups in total. The monoisotopic (exact) mass is 437 g/mol. The van der Waals surface area contributed by atoms with Gasteiger partial charge in [0.15, 0.2) is 11.2 Å². The van der Waals surface area contributed by atoms with Crippen molar-refractivity contribution in [2.75, 3.05) is 12.5 Å². The van der Waals surface area contributed by atoms with E-state index in [-0.39, 0.29) is 11.2 Å². The number of carbonyl (C=O) groups excluding carboxylic acids is 1. The maximum atomic E-state index is 13.0. The van der Waals surface area contributed by atoms with Crippen LogP contribution < -0.4 is 10.6 Å². The fourth-order valence-corrected chi connectivity index (χ4v) is 9.12. The van der Waals surface area contributed by atoms with E-state index in [1.165, 1.54) is 6.92 Å². The Morgan fingerprint density at radius 2 is 1.20 bits per heavy atom. The predicted octanol–water partition coefficient (Wildman–Crippen LogP) is 4.80. The molecule has 0 heterocycles. The van der Waals surface area contributed by atoms with Gasteiger partial charge >= 0.3 is 0 Å². The third-order valence-corrected chi connectivity index (χ3v) is 9.88. The Balaban J connectivity index is 2.51. The summed E-state index contributed by atoms with van der Waals surface area (Å²) in [4.78, 5) is 12.9. The Morgan fingerprint density at radius 1 is 0.767 bits per heavy atom. The molecule has 0 unspecified atom stereocenters. The van der Waals surface area contributed by atoms with Crippen LogP contribution in [0.4, 0.5) is 5.69 Å². The van der Waals surface area contributed by atoms with E-state index in [1.807, 2.05) is 91.0 Å². The van der Waals surface area contributed by atoms with E-state index in [9.17, 15) is 9.00 Å². The van der Waals surface area contributed by atoms with E-state index in [1.54, 1.807) is 12.5 Å². The molecule has 30 heavy (non-hydrogen) atoms. The van der Waals surface area contributed by atoms with Crippen molar-refractivity contribution in [3.05, 3.63) is 91.0 Å². The smallest absolute Gasteiger partial charge is 0.182 e. The molecule has 0 aromatic heterocycles. The number of hydrogen-bond acceptors (Lipinski definition) is 4. The van der Waals surface area contributed by atoms with Crippen molar-refractivity contribution in [3.63, 3.8) is 0 Å². The van der Waals surface area contributed by atoms with Gasteiger partial charge in [-0.25, -0.2) is 4.13 Å². The van der Waals surface area contributed by atoms with Crippen molar-refractivity contribution in [1.82, 2.24) is 0 Å². The first kappa shape index (κ1) is 21.9. The number of rotatable bonds is 6. The highest BCUT2D eigenvalue weighted by Crippen LogP contribution is 2.50. The summed E-state index contributed by atoms with van der Waals surface area (Å²) in [5.41, 5.74) is 0.851. The molecule has 0 aliphatic carbocycles. The lowest BCUT2D eigenvalue weighted by atomic mass is 10.3. The largest absolute Gasteiger partial charge is 0.293 e. The van der Waals surface area contributed by atoms with Crippen molar-refractivity contribution in [2.45, 2.75) is 6.92 Å². The second kappa shape index (κ2) is 9.33. The number of carbonyl (C=O) groups is 1. The van der Waals surface area contributed by atoms with E-state index in [4.69, 9.17) is 4.13 Å². The highest BCUT2D eigenvalue weighted by molar-refractivity contribution is 8.01. The normalized spacial score (nSPS) is 12.0. The molecule has 0 bridgehead atoms. The number of nitrogens with zero attached hydrogens (tertiary/aromatic N) is 3. The lowest BCUT2D eigenvalue weighted by Gasteiger charge is -2.25. The summed E-state index contributed by atoms with van der Waals surface area (Å²) < 4.78 is 17.9. The molecule has 0 atom stereocenters. The first-order chi connectivity index (χ1) is 14.3. The van der Waals surface area contributed by atoms with Gasteiger partial charge in [0, 0.05) is 39.8 Å². The summed E-state index contributed by atoms with van der Waals surface area (Å²) in [5.74, 6) is -0.247. The van der Waals surface area contributed by atoms with Crippen LogP contribution in [0.1, 0.15) is 6.92 Å². The second-order valence-electron chi connectivity index (χ2n) is 6.98. The maximum Gasteiger partial charge on any atom is 0.182 e. The maximum absolute atomic E-state index is 13.0. The molecule has 0 fully saturated rings. The zero-order valence-corrected chi connectivity index (χ0v) is 18.9. The zero-order valence-electron chi connectivity index (χ0n) is 17.2. The number of azo groups is 1. The molecule has 0 saturated carbocycles. The lowest BCUT2D eigenvalue weighted by Crippen LogP contribution is -2.24. The van der Waals surface area contributed by atoms with Gasteiger partial charge in [-0.1, -0.05) is 78.9 Å². The predicted molar refractivity (Wildman–Crippen MR) is 128 cm³/mol. The summed E-state index contributed by atoms with van der Waals surface area (Å²) in [6, 6.07) is 28.2. The van der Waals surface area contributed by atoms with Gasteiger partial charge in [-0.15, -0.1) is 5.11 Å². The van der Waals surface area contributed by atoms with Gasteiger partial charge in [0.05, 0.1) is 12.7 Å². The van der Waals surface area contributed by atoms with E-state index in [0.29, 0.717) is 5.69 Å². The van der Waals surface area contributed by atoms with Crippen LogP contribution >= 0.6 is 7.04 Å². The highest BCUT2D eigenvalue weighted by atomic mass is 32.2. The summed E-state index contributed by atoms with van der Waals surface area (Å²) in [6.07, 6.45) is 3.17. The molecule has 0 spiro atoms. The van der Waals surface area contributed by atoms with Gasteiger partial charge in [-0.2, -0.15) is 5.11 Å². The van der Waals surface area contributed by atoms with E-state index < -0.39 is 16.8 Å². The van der Waals surface area contributed by atoms with Gasteiger partial charge in [-0.05, 0) is 12.1 Å². The average Bonchev–Trinajstić information content (AvgIpc) is 2.74. The first-order valence-electron chi connectivity index (χ1n) is 9.37. The Hall–Kier alpha value is -2.82. The zero-order chi connectivity index (χ0) is 21.6. The van der Waals surface area contributed by atoms with Gasteiger partial charge in [-0.3, -0.25) is 9.00 Å². The topological polar surface area (TPSA) is 71.2 Å². The van der Waals surface area contributed by atoms with Crippen LogP contribution in [0.25, 0.3) is 0 Å². The van der Waals surface area contributed by atoms with Crippen LogP contribution in [0.2, 0.25) is 0 Å². The van der Waals surface area contributed by atoms with Crippen molar-refractivity contribution in [1.29, 1.82) is 0 Å². The Labute approximate surface area is 178 Å². The van der Waals surface area contributed by atoms with Crippen molar-refractivity contribution >= 4 is 44.3 Å². The summed E-state index contributed by atoms with van der Waals surface area (Å²) >= 11 is 0. The molecule has 0 aliphatic heterocycles. The molecular weight excluding hydrogens is 413 g/mol. The molecular formula is C23H24N3O2PS. The molecule has 3 aromatic carbocycles. The van der Waals surface area contributed by atoms with E-state index in [2.05, 4.69) is 10.2 Å². The van der Waals surface area contributed by atoms with Crippen molar-refractivity contribution in [2.24, 2.45) is 14.4 Å². The molecule has 7 heteroatoms. The van der Waals surface area contributed by atoms with Crippen LogP contribution in [0.5, 0.6) is 0 Å². The van der Waals surface area contributed by atoms with Crippen LogP contribution in [-0.4, -0.2) is 27.9 Å².